The summed E-state index contributed by atoms with van der Waals surface area (Å²) >= 11 is 0. The van der Waals surface area contributed by atoms with E-state index in [1.807, 2.05) is 28.8 Å². The van der Waals surface area contributed by atoms with Gasteiger partial charge in [0.2, 0.25) is 5.91 Å². The minimum atomic E-state index is 0.0403. The Labute approximate surface area is 164 Å². The van der Waals surface area contributed by atoms with Crippen LogP contribution in [0.2, 0.25) is 0 Å². The van der Waals surface area contributed by atoms with Crippen molar-refractivity contribution in [3.8, 4) is 0 Å². The highest BCUT2D eigenvalue weighted by molar-refractivity contribution is 5.93. The summed E-state index contributed by atoms with van der Waals surface area (Å²) in [5.74, 6) is 1.06. The molecule has 1 aliphatic heterocycles. The number of likely N-dealkylation sites (tertiary alicyclic amines) is 1. The first-order chi connectivity index (χ1) is 13.6. The van der Waals surface area contributed by atoms with Crippen LogP contribution >= 0.6 is 0 Å². The largest absolute Gasteiger partial charge is 0.337 e. The second-order valence-corrected chi connectivity index (χ2v) is 7.84. The third kappa shape index (κ3) is 3.81. The molecule has 1 saturated carbocycles. The van der Waals surface area contributed by atoms with Gasteiger partial charge in [0.15, 0.2) is 0 Å². The van der Waals surface area contributed by atoms with Crippen LogP contribution in [0, 0.1) is 5.92 Å². The molecular formula is C20H28N6O2. The number of hydrogen-bond acceptors (Lipinski definition) is 4. The molecule has 0 aromatic carbocycles. The lowest BCUT2D eigenvalue weighted by Crippen LogP contribution is -2.40. The Bertz CT molecular complexity index is 858. The Morgan fingerprint density at radius 1 is 1.21 bits per heavy atom. The van der Waals surface area contributed by atoms with Crippen molar-refractivity contribution >= 4 is 17.6 Å². The highest BCUT2D eigenvalue weighted by Crippen LogP contribution is 2.31. The number of hydrogen-bond donors (Lipinski definition) is 1. The molecule has 4 rings (SSSR count). The molecule has 0 radical (unpaired) electrons. The van der Waals surface area contributed by atoms with Crippen molar-refractivity contribution in [2.24, 2.45) is 13.0 Å². The molecule has 1 saturated heterocycles. The van der Waals surface area contributed by atoms with Crippen LogP contribution in [-0.4, -0.2) is 49.4 Å². The first-order valence-corrected chi connectivity index (χ1v) is 10.2. The highest BCUT2D eigenvalue weighted by atomic mass is 16.2. The van der Waals surface area contributed by atoms with Crippen LogP contribution in [-0.2, 0) is 18.3 Å². The third-order valence-corrected chi connectivity index (χ3v) is 5.62. The Hall–Kier alpha value is -2.64. The van der Waals surface area contributed by atoms with Gasteiger partial charge in [-0.3, -0.25) is 14.3 Å². The molecule has 2 amide bonds. The number of anilines is 1. The standard InChI is InChI=1S/C20H28N6O2/c1-3-4-15-13-17(24(2)23-15)20(28)25-11-8-16(9-12-25)26-18(7-10-21-26)22-19(27)14-5-6-14/h7,10,13-14,16H,3-6,8-9,11-12H2,1-2H3,(H,22,27). The van der Waals surface area contributed by atoms with E-state index in [1.54, 1.807) is 10.9 Å². The van der Waals surface area contributed by atoms with Crippen LogP contribution in [0.5, 0.6) is 0 Å². The summed E-state index contributed by atoms with van der Waals surface area (Å²) in [5.41, 5.74) is 1.62. The Balaban J connectivity index is 1.38. The molecule has 28 heavy (non-hydrogen) atoms. The quantitative estimate of drug-likeness (QED) is 0.829. The number of nitrogens with one attached hydrogen (secondary N) is 1. The molecule has 2 fully saturated rings. The Kier molecular flexibility index (Phi) is 5.19. The molecule has 0 bridgehead atoms. The van der Waals surface area contributed by atoms with Crippen LogP contribution in [0.25, 0.3) is 0 Å². The topological polar surface area (TPSA) is 85.0 Å². The van der Waals surface area contributed by atoms with Gasteiger partial charge in [-0.25, -0.2) is 4.68 Å². The van der Waals surface area contributed by atoms with E-state index in [4.69, 9.17) is 0 Å². The first kappa shape index (κ1) is 18.7. The van der Waals surface area contributed by atoms with Crippen LogP contribution in [0.3, 0.4) is 0 Å². The zero-order chi connectivity index (χ0) is 19.7. The van der Waals surface area contributed by atoms with Crippen LogP contribution < -0.4 is 5.32 Å². The molecule has 1 N–H and O–H groups in total. The molecule has 2 aliphatic rings. The lowest BCUT2D eigenvalue weighted by atomic mass is 10.0. The maximum atomic E-state index is 12.9. The van der Waals surface area contributed by atoms with Gasteiger partial charge in [-0.2, -0.15) is 10.2 Å². The summed E-state index contributed by atoms with van der Waals surface area (Å²) in [5, 5.41) is 11.9. The summed E-state index contributed by atoms with van der Waals surface area (Å²) in [7, 11) is 1.83. The third-order valence-electron chi connectivity index (χ3n) is 5.62. The van der Waals surface area contributed by atoms with E-state index in [0.29, 0.717) is 18.8 Å². The van der Waals surface area contributed by atoms with Crippen LogP contribution in [0.15, 0.2) is 18.3 Å². The molecule has 0 spiro atoms. The Morgan fingerprint density at radius 3 is 2.64 bits per heavy atom. The fourth-order valence-corrected chi connectivity index (χ4v) is 3.86. The molecule has 0 atom stereocenters. The number of aryl methyl sites for hydroxylation is 2. The van der Waals surface area contributed by atoms with Crippen molar-refractivity contribution in [3.05, 3.63) is 29.7 Å². The second-order valence-electron chi connectivity index (χ2n) is 7.84. The smallest absolute Gasteiger partial charge is 0.272 e. The van der Waals surface area contributed by atoms with Gasteiger partial charge in [0.1, 0.15) is 11.5 Å². The zero-order valence-electron chi connectivity index (χ0n) is 16.6. The highest BCUT2D eigenvalue weighted by Gasteiger charge is 2.31. The van der Waals surface area contributed by atoms with E-state index in [9.17, 15) is 9.59 Å². The number of aromatic nitrogens is 4. The summed E-state index contributed by atoms with van der Waals surface area (Å²) < 4.78 is 3.60. The van der Waals surface area contributed by atoms with Gasteiger partial charge in [-0.05, 0) is 38.2 Å². The van der Waals surface area contributed by atoms with E-state index in [0.717, 1.165) is 50.0 Å². The van der Waals surface area contributed by atoms with Crippen molar-refractivity contribution in [1.82, 2.24) is 24.5 Å². The molecule has 8 heteroatoms. The molecule has 150 valence electrons. The van der Waals surface area contributed by atoms with Gasteiger partial charge in [-0.1, -0.05) is 13.3 Å². The summed E-state index contributed by atoms with van der Waals surface area (Å²) in [4.78, 5) is 26.9. The van der Waals surface area contributed by atoms with Gasteiger partial charge in [0.25, 0.3) is 5.91 Å². The van der Waals surface area contributed by atoms with Gasteiger partial charge < -0.3 is 10.2 Å². The van der Waals surface area contributed by atoms with Crippen molar-refractivity contribution in [2.45, 2.75) is 51.5 Å². The van der Waals surface area contributed by atoms with Gasteiger partial charge >= 0.3 is 0 Å². The van der Waals surface area contributed by atoms with Crippen molar-refractivity contribution in [2.75, 3.05) is 18.4 Å². The van der Waals surface area contributed by atoms with Crippen LogP contribution in [0.4, 0.5) is 5.82 Å². The number of nitrogens with zero attached hydrogens (tertiary/aromatic N) is 5. The fraction of sp³-hybridized carbons (Fsp3) is 0.600. The summed E-state index contributed by atoms with van der Waals surface area (Å²) in [6.45, 7) is 3.46. The maximum Gasteiger partial charge on any atom is 0.272 e. The van der Waals surface area contributed by atoms with E-state index < -0.39 is 0 Å². The lowest BCUT2D eigenvalue weighted by Gasteiger charge is -2.32. The van der Waals surface area contributed by atoms with Crippen molar-refractivity contribution in [3.63, 3.8) is 0 Å². The van der Waals surface area contributed by atoms with Gasteiger partial charge in [-0.15, -0.1) is 0 Å². The van der Waals surface area contributed by atoms with Crippen LogP contribution in [0.1, 0.15) is 61.3 Å². The number of amides is 2. The zero-order valence-corrected chi connectivity index (χ0v) is 16.6. The lowest BCUT2D eigenvalue weighted by molar-refractivity contribution is -0.117. The fourth-order valence-electron chi connectivity index (χ4n) is 3.86. The minimum absolute atomic E-state index is 0.0403. The molecule has 2 aromatic heterocycles. The SMILES string of the molecule is CCCc1cc(C(=O)N2CCC(n3nccc3NC(=O)C3CC3)CC2)n(C)n1. The maximum absolute atomic E-state index is 12.9. The summed E-state index contributed by atoms with van der Waals surface area (Å²) in [6, 6.07) is 3.95. The predicted octanol–water partition coefficient (Wildman–Crippen LogP) is 2.39. The molecule has 2 aromatic rings. The van der Waals surface area contributed by atoms with E-state index in [-0.39, 0.29) is 23.8 Å². The second kappa shape index (κ2) is 7.77. The average Bonchev–Trinajstić information content (AvgIpc) is 3.35. The molecule has 1 aliphatic carbocycles. The minimum Gasteiger partial charge on any atom is -0.337 e. The summed E-state index contributed by atoms with van der Waals surface area (Å²) in [6.07, 6.45) is 7.23. The van der Waals surface area contributed by atoms with Gasteiger partial charge in [0.05, 0.1) is 17.9 Å². The Morgan fingerprint density at radius 2 is 1.96 bits per heavy atom. The van der Waals surface area contributed by atoms with E-state index in [2.05, 4.69) is 22.4 Å². The number of carbonyl (C=O) groups is 2. The van der Waals surface area contributed by atoms with Crippen molar-refractivity contribution in [1.29, 1.82) is 0 Å². The average molecular weight is 384 g/mol. The number of piperidine rings is 1. The molecule has 0 unspecified atom stereocenters. The monoisotopic (exact) mass is 384 g/mol. The molecule has 3 heterocycles. The predicted molar refractivity (Wildman–Crippen MR) is 105 cm³/mol. The first-order valence-electron chi connectivity index (χ1n) is 10.2. The van der Waals surface area contributed by atoms with Gasteiger partial charge in [0, 0.05) is 32.1 Å². The van der Waals surface area contributed by atoms with E-state index in [1.165, 1.54) is 0 Å². The van der Waals surface area contributed by atoms with E-state index >= 15 is 0 Å². The molecular weight excluding hydrogens is 356 g/mol. The number of rotatable bonds is 6. The number of carbonyl (C=O) groups excluding carboxylic acids is 2. The van der Waals surface area contributed by atoms with Crippen molar-refractivity contribution < 1.29 is 9.59 Å². The molecule has 8 nitrogen and oxygen atoms in total. The normalized spacial score (nSPS) is 17.7.